The monoisotopic (exact) mass is 373 g/mol. The molecule has 0 fully saturated rings. The molecule has 2 rings (SSSR count). The fourth-order valence-electron chi connectivity index (χ4n) is 1.79. The Labute approximate surface area is 125 Å². The summed E-state index contributed by atoms with van der Waals surface area (Å²) in [5.41, 5.74) is 1.69. The molecular formula is C14H13ClINO. The SMILES string of the molecule is CC(c1ccccn1)C(O)c1ccc(I)c(Cl)c1. The van der Waals surface area contributed by atoms with Gasteiger partial charge in [0.2, 0.25) is 0 Å². The van der Waals surface area contributed by atoms with Gasteiger partial charge in [-0.2, -0.15) is 0 Å². The van der Waals surface area contributed by atoms with Crippen molar-refractivity contribution >= 4 is 34.2 Å². The molecule has 0 bridgehead atoms. The molecule has 0 saturated carbocycles. The van der Waals surface area contributed by atoms with Crippen molar-refractivity contribution < 1.29 is 5.11 Å². The minimum absolute atomic E-state index is 0.0673. The van der Waals surface area contributed by atoms with Crippen LogP contribution in [0.1, 0.15) is 30.2 Å². The summed E-state index contributed by atoms with van der Waals surface area (Å²) in [6.45, 7) is 1.96. The zero-order chi connectivity index (χ0) is 13.1. The van der Waals surface area contributed by atoms with Gasteiger partial charge >= 0.3 is 0 Å². The molecule has 1 aromatic carbocycles. The first-order valence-corrected chi connectivity index (χ1v) is 7.09. The van der Waals surface area contributed by atoms with Crippen LogP contribution in [0.5, 0.6) is 0 Å². The third-order valence-corrected chi connectivity index (χ3v) is 4.49. The standard InChI is InChI=1S/C14H13ClINO/c1-9(13-4-2-3-7-17-13)14(18)10-5-6-12(16)11(15)8-10/h2-9,14,18H,1H3. The molecule has 94 valence electrons. The maximum atomic E-state index is 10.4. The second-order valence-electron chi connectivity index (χ2n) is 4.16. The summed E-state index contributed by atoms with van der Waals surface area (Å²) in [7, 11) is 0. The lowest BCUT2D eigenvalue weighted by molar-refractivity contribution is 0.150. The molecular weight excluding hydrogens is 361 g/mol. The highest BCUT2D eigenvalue weighted by molar-refractivity contribution is 14.1. The highest BCUT2D eigenvalue weighted by Crippen LogP contribution is 2.31. The van der Waals surface area contributed by atoms with E-state index in [-0.39, 0.29) is 5.92 Å². The Kier molecular flexibility index (Phi) is 4.59. The normalized spacial score (nSPS) is 14.2. The molecule has 2 unspecified atom stereocenters. The van der Waals surface area contributed by atoms with E-state index >= 15 is 0 Å². The fourth-order valence-corrected chi connectivity index (χ4v) is 2.32. The predicted molar refractivity (Wildman–Crippen MR) is 81.8 cm³/mol. The first-order chi connectivity index (χ1) is 8.59. The summed E-state index contributed by atoms with van der Waals surface area (Å²) in [5, 5.41) is 11.0. The Morgan fingerprint density at radius 1 is 1.28 bits per heavy atom. The van der Waals surface area contributed by atoms with Gasteiger partial charge in [0.15, 0.2) is 0 Å². The number of benzene rings is 1. The van der Waals surface area contributed by atoms with Crippen molar-refractivity contribution in [1.82, 2.24) is 4.98 Å². The number of nitrogens with zero attached hydrogens (tertiary/aromatic N) is 1. The Balaban J connectivity index is 2.25. The van der Waals surface area contributed by atoms with Gasteiger partial charge in [0.1, 0.15) is 0 Å². The van der Waals surface area contributed by atoms with Gasteiger partial charge in [-0.15, -0.1) is 0 Å². The Hall–Kier alpha value is -0.650. The van der Waals surface area contributed by atoms with Crippen LogP contribution in [0.2, 0.25) is 5.02 Å². The van der Waals surface area contributed by atoms with Crippen LogP contribution < -0.4 is 0 Å². The number of hydrogen-bond donors (Lipinski definition) is 1. The zero-order valence-electron chi connectivity index (χ0n) is 9.85. The average molecular weight is 374 g/mol. The van der Waals surface area contributed by atoms with Crippen molar-refractivity contribution in [3.63, 3.8) is 0 Å². The summed E-state index contributed by atoms with van der Waals surface area (Å²) in [6.07, 6.45) is 1.13. The molecule has 0 aliphatic rings. The molecule has 0 aliphatic heterocycles. The Bertz CT molecular complexity index is 533. The Morgan fingerprint density at radius 2 is 2.06 bits per heavy atom. The molecule has 0 amide bonds. The van der Waals surface area contributed by atoms with Crippen LogP contribution in [-0.4, -0.2) is 10.1 Å². The maximum absolute atomic E-state index is 10.4. The molecule has 0 saturated heterocycles. The molecule has 0 aliphatic carbocycles. The van der Waals surface area contributed by atoms with E-state index in [2.05, 4.69) is 27.6 Å². The van der Waals surface area contributed by atoms with E-state index in [1.54, 1.807) is 6.20 Å². The molecule has 1 heterocycles. The van der Waals surface area contributed by atoms with Crippen LogP contribution in [0.3, 0.4) is 0 Å². The minimum Gasteiger partial charge on any atom is -0.388 e. The number of aliphatic hydroxyl groups is 1. The summed E-state index contributed by atoms with van der Waals surface area (Å²) < 4.78 is 0.982. The van der Waals surface area contributed by atoms with Gasteiger partial charge in [0, 0.05) is 21.4 Å². The van der Waals surface area contributed by atoms with E-state index in [0.29, 0.717) is 5.02 Å². The van der Waals surface area contributed by atoms with E-state index in [4.69, 9.17) is 11.6 Å². The topological polar surface area (TPSA) is 33.1 Å². The number of halogens is 2. The number of hydrogen-bond acceptors (Lipinski definition) is 2. The lowest BCUT2D eigenvalue weighted by atomic mass is 9.94. The average Bonchev–Trinajstić information content (AvgIpc) is 2.41. The largest absolute Gasteiger partial charge is 0.388 e. The van der Waals surface area contributed by atoms with E-state index in [0.717, 1.165) is 14.8 Å². The Morgan fingerprint density at radius 3 is 2.67 bits per heavy atom. The lowest BCUT2D eigenvalue weighted by Gasteiger charge is -2.19. The first-order valence-electron chi connectivity index (χ1n) is 5.63. The molecule has 1 aromatic heterocycles. The van der Waals surface area contributed by atoms with Crippen molar-refractivity contribution in [3.05, 3.63) is 62.4 Å². The number of aliphatic hydroxyl groups excluding tert-OH is 1. The first kappa shape index (κ1) is 13.8. The highest BCUT2D eigenvalue weighted by atomic mass is 127. The van der Waals surface area contributed by atoms with Gasteiger partial charge < -0.3 is 5.11 Å². The molecule has 0 spiro atoms. The van der Waals surface area contributed by atoms with Crippen molar-refractivity contribution in [2.45, 2.75) is 18.9 Å². The molecule has 4 heteroatoms. The van der Waals surface area contributed by atoms with Crippen molar-refractivity contribution in [2.75, 3.05) is 0 Å². The van der Waals surface area contributed by atoms with Crippen LogP contribution in [0.15, 0.2) is 42.6 Å². The molecule has 2 atom stereocenters. The van der Waals surface area contributed by atoms with E-state index < -0.39 is 6.10 Å². The van der Waals surface area contributed by atoms with Gasteiger partial charge in [-0.3, -0.25) is 4.98 Å². The highest BCUT2D eigenvalue weighted by Gasteiger charge is 2.19. The number of pyridine rings is 1. The molecule has 2 nitrogen and oxygen atoms in total. The van der Waals surface area contributed by atoms with Crippen LogP contribution in [0.4, 0.5) is 0 Å². The summed E-state index contributed by atoms with van der Waals surface area (Å²) in [6, 6.07) is 11.3. The zero-order valence-corrected chi connectivity index (χ0v) is 12.8. The maximum Gasteiger partial charge on any atom is 0.0871 e. The quantitative estimate of drug-likeness (QED) is 0.819. The molecule has 2 aromatic rings. The lowest BCUT2D eigenvalue weighted by Crippen LogP contribution is -2.09. The van der Waals surface area contributed by atoms with E-state index in [1.165, 1.54) is 0 Å². The molecule has 1 N–H and O–H groups in total. The smallest absolute Gasteiger partial charge is 0.0871 e. The number of aromatic nitrogens is 1. The van der Waals surface area contributed by atoms with Crippen molar-refractivity contribution in [1.29, 1.82) is 0 Å². The third-order valence-electron chi connectivity index (χ3n) is 2.91. The summed E-state index contributed by atoms with van der Waals surface area (Å²) >= 11 is 8.24. The third kappa shape index (κ3) is 3.02. The molecule has 18 heavy (non-hydrogen) atoms. The van der Waals surface area contributed by atoms with Gasteiger partial charge in [0.25, 0.3) is 0 Å². The van der Waals surface area contributed by atoms with E-state index in [1.807, 2.05) is 43.3 Å². The molecule has 0 radical (unpaired) electrons. The second-order valence-corrected chi connectivity index (χ2v) is 5.73. The summed E-state index contributed by atoms with van der Waals surface area (Å²) in [4.78, 5) is 4.27. The van der Waals surface area contributed by atoms with Crippen molar-refractivity contribution in [3.8, 4) is 0 Å². The van der Waals surface area contributed by atoms with Crippen LogP contribution in [-0.2, 0) is 0 Å². The van der Waals surface area contributed by atoms with E-state index in [9.17, 15) is 5.11 Å². The number of rotatable bonds is 3. The van der Waals surface area contributed by atoms with Crippen LogP contribution >= 0.6 is 34.2 Å². The summed E-state index contributed by atoms with van der Waals surface area (Å²) in [5.74, 6) is -0.0673. The van der Waals surface area contributed by atoms with Gasteiger partial charge in [0.05, 0.1) is 11.1 Å². The van der Waals surface area contributed by atoms with Gasteiger partial charge in [-0.25, -0.2) is 0 Å². The van der Waals surface area contributed by atoms with Gasteiger partial charge in [-0.1, -0.05) is 30.7 Å². The van der Waals surface area contributed by atoms with Crippen LogP contribution in [0.25, 0.3) is 0 Å². The second kappa shape index (κ2) is 5.99. The van der Waals surface area contributed by atoms with Crippen molar-refractivity contribution in [2.24, 2.45) is 0 Å². The van der Waals surface area contributed by atoms with Crippen LogP contribution in [0, 0.1) is 3.57 Å². The fraction of sp³-hybridized carbons (Fsp3) is 0.214. The van der Waals surface area contributed by atoms with Gasteiger partial charge in [-0.05, 0) is 52.4 Å². The minimum atomic E-state index is -0.602. The predicted octanol–water partition coefficient (Wildman–Crippen LogP) is 4.18.